The molecule has 0 saturated carbocycles. The number of hydrazone groups is 1. The van der Waals surface area contributed by atoms with Gasteiger partial charge in [0.2, 0.25) is 0 Å². The predicted octanol–water partition coefficient (Wildman–Crippen LogP) is 5.26. The molecular weight excluding hydrogens is 530 g/mol. The molecule has 10 heteroatoms. The van der Waals surface area contributed by atoms with Crippen LogP contribution in [0.2, 0.25) is 0 Å². The van der Waals surface area contributed by atoms with Gasteiger partial charge in [-0.1, -0.05) is 30.3 Å². The minimum Gasteiger partial charge on any atom is -0.484 e. The third-order valence-corrected chi connectivity index (χ3v) is 5.59. The topological polar surface area (TPSA) is 120 Å². The van der Waals surface area contributed by atoms with Crippen LogP contribution in [0, 0.1) is 10.1 Å². The summed E-state index contributed by atoms with van der Waals surface area (Å²) in [6.07, 6.45) is 1.43. The first kappa shape index (κ1) is 24.6. The standard InChI is InChI=1S/C26H18BrN3O6/c27-23-13-17(5-12-24(23)36-26(32)19-6-9-21(10-7-19)30(33)34)15-28-29-25(31)16-35-22-11-8-18-3-1-2-4-20(18)14-22/h1-15H,16H2,(H,29,31). The van der Waals surface area contributed by atoms with Crippen molar-refractivity contribution in [2.75, 3.05) is 6.61 Å². The van der Waals surface area contributed by atoms with Crippen LogP contribution < -0.4 is 14.9 Å². The zero-order valence-electron chi connectivity index (χ0n) is 18.6. The number of rotatable bonds is 8. The van der Waals surface area contributed by atoms with Crippen LogP contribution in [0.15, 0.2) is 94.5 Å². The summed E-state index contributed by atoms with van der Waals surface area (Å²) in [7, 11) is 0. The zero-order chi connectivity index (χ0) is 25.5. The van der Waals surface area contributed by atoms with Crippen molar-refractivity contribution >= 4 is 50.5 Å². The second-order valence-corrected chi connectivity index (χ2v) is 8.33. The highest BCUT2D eigenvalue weighted by atomic mass is 79.9. The quantitative estimate of drug-likeness (QED) is 0.106. The molecule has 0 aromatic heterocycles. The van der Waals surface area contributed by atoms with Crippen molar-refractivity contribution in [1.82, 2.24) is 5.43 Å². The number of nitro groups is 1. The Bertz CT molecular complexity index is 1470. The van der Waals surface area contributed by atoms with Crippen LogP contribution in [-0.2, 0) is 4.79 Å². The SMILES string of the molecule is O=C(COc1ccc2ccccc2c1)NN=Cc1ccc(OC(=O)c2ccc([N+](=O)[O-])cc2)c(Br)c1. The molecule has 0 aliphatic heterocycles. The van der Waals surface area contributed by atoms with Gasteiger partial charge < -0.3 is 9.47 Å². The molecule has 0 atom stereocenters. The molecule has 0 aliphatic carbocycles. The highest BCUT2D eigenvalue weighted by Crippen LogP contribution is 2.27. The molecule has 0 fully saturated rings. The smallest absolute Gasteiger partial charge is 0.343 e. The number of ether oxygens (including phenoxy) is 2. The Balaban J connectivity index is 1.29. The fraction of sp³-hybridized carbons (Fsp3) is 0.0385. The maximum absolute atomic E-state index is 12.3. The average molecular weight is 548 g/mol. The van der Waals surface area contributed by atoms with E-state index in [1.165, 1.54) is 30.5 Å². The number of nitrogens with one attached hydrogen (secondary N) is 1. The van der Waals surface area contributed by atoms with E-state index in [2.05, 4.69) is 26.5 Å². The maximum atomic E-state index is 12.3. The van der Waals surface area contributed by atoms with Gasteiger partial charge in [0.15, 0.2) is 6.61 Å². The third kappa shape index (κ3) is 6.30. The van der Waals surface area contributed by atoms with Crippen LogP contribution >= 0.6 is 15.9 Å². The van der Waals surface area contributed by atoms with Gasteiger partial charge in [-0.15, -0.1) is 0 Å². The van der Waals surface area contributed by atoms with E-state index in [0.717, 1.165) is 10.8 Å². The number of hydrogen-bond donors (Lipinski definition) is 1. The van der Waals surface area contributed by atoms with E-state index in [0.29, 0.717) is 15.8 Å². The lowest BCUT2D eigenvalue weighted by Crippen LogP contribution is -2.24. The van der Waals surface area contributed by atoms with Crippen molar-refractivity contribution in [3.05, 3.63) is 111 Å². The predicted molar refractivity (Wildman–Crippen MR) is 137 cm³/mol. The molecule has 0 bridgehead atoms. The molecule has 0 radical (unpaired) electrons. The van der Waals surface area contributed by atoms with Gasteiger partial charge in [0, 0.05) is 12.1 Å². The van der Waals surface area contributed by atoms with Gasteiger partial charge in [-0.2, -0.15) is 5.10 Å². The number of non-ortho nitro benzene ring substituents is 1. The van der Waals surface area contributed by atoms with Gasteiger partial charge in [0.1, 0.15) is 11.5 Å². The van der Waals surface area contributed by atoms with Crippen LogP contribution in [0.5, 0.6) is 11.5 Å². The fourth-order valence-corrected chi connectivity index (χ4v) is 3.65. The third-order valence-electron chi connectivity index (χ3n) is 4.97. The summed E-state index contributed by atoms with van der Waals surface area (Å²) in [5.41, 5.74) is 3.08. The lowest BCUT2D eigenvalue weighted by molar-refractivity contribution is -0.384. The summed E-state index contributed by atoms with van der Waals surface area (Å²) in [4.78, 5) is 34.5. The van der Waals surface area contributed by atoms with Gasteiger partial charge in [0.25, 0.3) is 11.6 Å². The summed E-state index contributed by atoms with van der Waals surface area (Å²) in [5, 5.41) is 16.7. The number of amides is 1. The largest absolute Gasteiger partial charge is 0.484 e. The van der Waals surface area contributed by atoms with Gasteiger partial charge >= 0.3 is 5.97 Å². The molecule has 36 heavy (non-hydrogen) atoms. The number of benzene rings is 4. The number of nitrogens with zero attached hydrogens (tertiary/aromatic N) is 2. The summed E-state index contributed by atoms with van der Waals surface area (Å²) in [6.45, 7) is -0.198. The van der Waals surface area contributed by atoms with Gasteiger partial charge in [-0.3, -0.25) is 14.9 Å². The lowest BCUT2D eigenvalue weighted by Gasteiger charge is -2.07. The Hall–Kier alpha value is -4.57. The highest BCUT2D eigenvalue weighted by molar-refractivity contribution is 9.10. The van der Waals surface area contributed by atoms with Gasteiger partial charge in [-0.05, 0) is 74.7 Å². The molecule has 0 unspecified atom stereocenters. The molecule has 4 aromatic carbocycles. The number of hydrogen-bond acceptors (Lipinski definition) is 7. The number of nitro benzene ring substituents is 1. The van der Waals surface area contributed by atoms with Crippen molar-refractivity contribution in [2.24, 2.45) is 5.10 Å². The van der Waals surface area contributed by atoms with Crippen LogP contribution in [0.3, 0.4) is 0 Å². The number of fused-ring (bicyclic) bond motifs is 1. The number of carbonyl (C=O) groups excluding carboxylic acids is 2. The highest BCUT2D eigenvalue weighted by Gasteiger charge is 2.13. The molecule has 4 rings (SSSR count). The molecule has 180 valence electrons. The first-order chi connectivity index (χ1) is 17.4. The molecule has 0 heterocycles. The van der Waals surface area contributed by atoms with Crippen molar-refractivity contribution in [3.8, 4) is 11.5 Å². The average Bonchev–Trinajstić information content (AvgIpc) is 2.89. The Morgan fingerprint density at radius 2 is 1.72 bits per heavy atom. The summed E-state index contributed by atoms with van der Waals surface area (Å²) in [6, 6.07) is 23.4. The monoisotopic (exact) mass is 547 g/mol. The Morgan fingerprint density at radius 1 is 0.972 bits per heavy atom. The normalized spacial score (nSPS) is 10.8. The minimum absolute atomic E-state index is 0.122. The molecule has 0 spiro atoms. The Kier molecular flexibility index (Phi) is 7.66. The number of carbonyl (C=O) groups is 2. The second-order valence-electron chi connectivity index (χ2n) is 7.47. The second kappa shape index (κ2) is 11.2. The van der Waals surface area contributed by atoms with Crippen LogP contribution in [0.25, 0.3) is 10.8 Å². The Labute approximate surface area is 213 Å². The summed E-state index contributed by atoms with van der Waals surface area (Å²) >= 11 is 3.33. The van der Waals surface area contributed by atoms with E-state index in [1.54, 1.807) is 24.3 Å². The maximum Gasteiger partial charge on any atom is 0.343 e. The van der Waals surface area contributed by atoms with Gasteiger partial charge in [-0.25, -0.2) is 10.2 Å². The Morgan fingerprint density at radius 3 is 2.44 bits per heavy atom. The first-order valence-electron chi connectivity index (χ1n) is 10.6. The minimum atomic E-state index is -0.661. The fourth-order valence-electron chi connectivity index (χ4n) is 3.18. The van der Waals surface area contributed by atoms with Crippen LogP contribution in [0.4, 0.5) is 5.69 Å². The van der Waals surface area contributed by atoms with E-state index >= 15 is 0 Å². The summed E-state index contributed by atoms with van der Waals surface area (Å²) in [5.74, 6) is -0.253. The molecule has 1 amide bonds. The van der Waals surface area contributed by atoms with Gasteiger partial charge in [0.05, 0.1) is 21.2 Å². The molecule has 1 N–H and O–H groups in total. The molecule has 0 saturated heterocycles. The van der Waals surface area contributed by atoms with Crippen molar-refractivity contribution in [3.63, 3.8) is 0 Å². The molecular formula is C26H18BrN3O6. The summed E-state index contributed by atoms with van der Waals surface area (Å²) < 4.78 is 11.4. The number of esters is 1. The molecule has 4 aromatic rings. The van der Waals surface area contributed by atoms with Crippen LogP contribution in [-0.4, -0.2) is 29.6 Å². The first-order valence-corrected chi connectivity index (χ1v) is 11.4. The van der Waals surface area contributed by atoms with Crippen molar-refractivity contribution in [2.45, 2.75) is 0 Å². The van der Waals surface area contributed by atoms with Crippen molar-refractivity contribution < 1.29 is 24.0 Å². The van der Waals surface area contributed by atoms with E-state index in [1.807, 2.05) is 36.4 Å². The molecule has 9 nitrogen and oxygen atoms in total. The van der Waals surface area contributed by atoms with E-state index in [4.69, 9.17) is 9.47 Å². The van der Waals surface area contributed by atoms with E-state index in [9.17, 15) is 19.7 Å². The zero-order valence-corrected chi connectivity index (χ0v) is 20.2. The molecule has 0 aliphatic rings. The van der Waals surface area contributed by atoms with Crippen LogP contribution in [0.1, 0.15) is 15.9 Å². The van der Waals surface area contributed by atoms with E-state index in [-0.39, 0.29) is 23.6 Å². The lowest BCUT2D eigenvalue weighted by atomic mass is 10.1. The van der Waals surface area contributed by atoms with Crippen molar-refractivity contribution in [1.29, 1.82) is 0 Å². The number of halogens is 1. The van der Waals surface area contributed by atoms with E-state index < -0.39 is 16.8 Å².